The summed E-state index contributed by atoms with van der Waals surface area (Å²) in [5, 5.41) is 0.659. The van der Waals surface area contributed by atoms with Crippen molar-refractivity contribution in [3.63, 3.8) is 0 Å². The van der Waals surface area contributed by atoms with Gasteiger partial charge in [-0.25, -0.2) is 4.39 Å². The molecule has 2 nitrogen and oxygen atoms in total. The highest BCUT2D eigenvalue weighted by molar-refractivity contribution is 6.30. The van der Waals surface area contributed by atoms with Crippen LogP contribution in [0.4, 0.5) is 4.39 Å². The summed E-state index contributed by atoms with van der Waals surface area (Å²) in [4.78, 5) is 0. The van der Waals surface area contributed by atoms with E-state index in [1.54, 1.807) is 18.2 Å². The first-order valence-corrected chi connectivity index (χ1v) is 7.40. The van der Waals surface area contributed by atoms with Crippen LogP contribution in [0.2, 0.25) is 5.02 Å². The van der Waals surface area contributed by atoms with Gasteiger partial charge in [-0.05, 0) is 61.2 Å². The van der Waals surface area contributed by atoms with E-state index >= 15 is 0 Å². The summed E-state index contributed by atoms with van der Waals surface area (Å²) in [6.07, 6.45) is 1.71. The van der Waals surface area contributed by atoms with Gasteiger partial charge < -0.3 is 10.5 Å². The smallest absolute Gasteiger partial charge is 0.123 e. The van der Waals surface area contributed by atoms with Crippen molar-refractivity contribution in [2.45, 2.75) is 18.8 Å². The zero-order chi connectivity index (χ0) is 15.1. The van der Waals surface area contributed by atoms with E-state index in [-0.39, 0.29) is 11.7 Å². The molecule has 0 heterocycles. The largest absolute Gasteiger partial charge is 0.494 e. The number of halogens is 2. The Morgan fingerprint density at radius 3 is 2.67 bits per heavy atom. The summed E-state index contributed by atoms with van der Waals surface area (Å²) >= 11 is 5.89. The zero-order valence-corrected chi connectivity index (χ0v) is 12.5. The molecule has 0 aliphatic carbocycles. The number of hydrogen-bond acceptors (Lipinski definition) is 2. The Morgan fingerprint density at radius 2 is 1.95 bits per heavy atom. The maximum atomic E-state index is 13.2. The van der Waals surface area contributed by atoms with Crippen molar-refractivity contribution in [1.29, 1.82) is 0 Å². The first-order valence-electron chi connectivity index (χ1n) is 7.03. The lowest BCUT2D eigenvalue weighted by Gasteiger charge is -2.15. The number of hydrogen-bond donors (Lipinski definition) is 1. The molecule has 2 N–H and O–H groups in total. The summed E-state index contributed by atoms with van der Waals surface area (Å²) in [6.45, 7) is 1.09. The molecule has 1 atom stereocenters. The minimum Gasteiger partial charge on any atom is -0.494 e. The highest BCUT2D eigenvalue weighted by atomic mass is 35.5. The molecule has 0 aliphatic heterocycles. The molecule has 0 saturated carbocycles. The summed E-state index contributed by atoms with van der Waals surface area (Å²) in [7, 11) is 0. The van der Waals surface area contributed by atoms with Gasteiger partial charge in [0, 0.05) is 5.02 Å². The lowest BCUT2D eigenvalue weighted by atomic mass is 9.94. The topological polar surface area (TPSA) is 35.2 Å². The number of rotatable bonds is 7. The molecule has 0 fully saturated rings. The molecular formula is C17H19ClFNO. The van der Waals surface area contributed by atoms with Gasteiger partial charge in [0.1, 0.15) is 11.6 Å². The van der Waals surface area contributed by atoms with Gasteiger partial charge in [-0.3, -0.25) is 0 Å². The fraction of sp³-hybridized carbons (Fsp3) is 0.294. The van der Waals surface area contributed by atoms with Crippen molar-refractivity contribution in [2.24, 2.45) is 5.73 Å². The molecule has 0 aliphatic rings. The number of nitrogens with two attached hydrogens (primary N) is 1. The van der Waals surface area contributed by atoms with E-state index in [9.17, 15) is 4.39 Å². The maximum Gasteiger partial charge on any atom is 0.123 e. The fourth-order valence-electron chi connectivity index (χ4n) is 2.26. The molecular weight excluding hydrogens is 289 g/mol. The monoisotopic (exact) mass is 307 g/mol. The van der Waals surface area contributed by atoms with E-state index in [0.29, 0.717) is 18.2 Å². The minimum absolute atomic E-state index is 0.156. The van der Waals surface area contributed by atoms with Crippen LogP contribution < -0.4 is 10.5 Å². The van der Waals surface area contributed by atoms with Gasteiger partial charge in [0.2, 0.25) is 0 Å². The molecule has 2 aromatic carbocycles. The third-order valence-corrected chi connectivity index (χ3v) is 3.60. The van der Waals surface area contributed by atoms with Gasteiger partial charge in [-0.1, -0.05) is 29.8 Å². The molecule has 0 bridgehead atoms. The van der Waals surface area contributed by atoms with Crippen LogP contribution in [0.1, 0.15) is 24.3 Å². The van der Waals surface area contributed by atoms with Gasteiger partial charge in [0.25, 0.3) is 0 Å². The first kappa shape index (κ1) is 15.8. The van der Waals surface area contributed by atoms with Crippen molar-refractivity contribution in [1.82, 2.24) is 0 Å². The van der Waals surface area contributed by atoms with Crippen LogP contribution in [0.15, 0.2) is 48.5 Å². The molecule has 0 spiro atoms. The molecule has 2 rings (SSSR count). The SMILES string of the molecule is NCC(CCCOc1cccc(Cl)c1)c1cccc(F)c1. The predicted octanol–water partition coefficient (Wildman–Crippen LogP) is 4.38. The van der Waals surface area contributed by atoms with Gasteiger partial charge >= 0.3 is 0 Å². The third kappa shape index (κ3) is 5.03. The Hall–Kier alpha value is -1.58. The number of benzene rings is 2. The van der Waals surface area contributed by atoms with E-state index in [4.69, 9.17) is 22.1 Å². The van der Waals surface area contributed by atoms with Gasteiger partial charge in [0.15, 0.2) is 0 Å². The highest BCUT2D eigenvalue weighted by Gasteiger charge is 2.10. The molecule has 2 aromatic rings. The molecule has 0 radical (unpaired) electrons. The van der Waals surface area contributed by atoms with E-state index < -0.39 is 0 Å². The van der Waals surface area contributed by atoms with E-state index in [0.717, 1.165) is 24.2 Å². The Kier molecular flexibility index (Phi) is 6.03. The van der Waals surface area contributed by atoms with Crippen LogP contribution in [-0.4, -0.2) is 13.2 Å². The molecule has 0 amide bonds. The Bertz CT molecular complexity index is 576. The minimum atomic E-state index is -0.221. The molecule has 1 unspecified atom stereocenters. The second-order valence-corrected chi connectivity index (χ2v) is 5.37. The van der Waals surface area contributed by atoms with Crippen LogP contribution in [0.3, 0.4) is 0 Å². The Balaban J connectivity index is 1.81. The quantitative estimate of drug-likeness (QED) is 0.770. The standard InChI is InChI=1S/C17H19ClFNO/c18-15-6-2-8-17(11-15)21-9-3-5-14(12-20)13-4-1-7-16(19)10-13/h1-2,4,6-8,10-11,14H,3,5,9,12,20H2. The van der Waals surface area contributed by atoms with Crippen molar-refractivity contribution in [3.8, 4) is 5.75 Å². The molecule has 21 heavy (non-hydrogen) atoms. The van der Waals surface area contributed by atoms with Crippen molar-refractivity contribution in [3.05, 3.63) is 64.9 Å². The summed E-state index contributed by atoms with van der Waals surface area (Å²) in [5.74, 6) is 0.697. The van der Waals surface area contributed by atoms with Crippen molar-refractivity contribution >= 4 is 11.6 Å². The normalized spacial score (nSPS) is 12.1. The van der Waals surface area contributed by atoms with Gasteiger partial charge in [0.05, 0.1) is 6.61 Å². The second-order valence-electron chi connectivity index (χ2n) is 4.94. The number of ether oxygens (including phenoxy) is 1. The third-order valence-electron chi connectivity index (χ3n) is 3.37. The van der Waals surface area contributed by atoms with Crippen LogP contribution in [0.25, 0.3) is 0 Å². The van der Waals surface area contributed by atoms with Crippen LogP contribution >= 0.6 is 11.6 Å². The van der Waals surface area contributed by atoms with Gasteiger partial charge in [-0.2, -0.15) is 0 Å². The average Bonchev–Trinajstić information content (AvgIpc) is 2.47. The van der Waals surface area contributed by atoms with Crippen LogP contribution in [0, 0.1) is 5.82 Å². The molecule has 0 aromatic heterocycles. The molecule has 4 heteroatoms. The fourth-order valence-corrected chi connectivity index (χ4v) is 2.44. The summed E-state index contributed by atoms with van der Waals surface area (Å²) in [6, 6.07) is 14.0. The van der Waals surface area contributed by atoms with Crippen LogP contribution in [0.5, 0.6) is 5.75 Å². The first-order chi connectivity index (χ1) is 10.2. The Morgan fingerprint density at radius 1 is 1.14 bits per heavy atom. The summed E-state index contributed by atoms with van der Waals surface area (Å²) < 4.78 is 18.9. The van der Waals surface area contributed by atoms with E-state index in [2.05, 4.69) is 0 Å². The highest BCUT2D eigenvalue weighted by Crippen LogP contribution is 2.22. The van der Waals surface area contributed by atoms with Crippen LogP contribution in [-0.2, 0) is 0 Å². The predicted molar refractivity (Wildman–Crippen MR) is 84.4 cm³/mol. The van der Waals surface area contributed by atoms with Crippen molar-refractivity contribution in [2.75, 3.05) is 13.2 Å². The van der Waals surface area contributed by atoms with E-state index in [1.165, 1.54) is 6.07 Å². The Labute approximate surface area is 129 Å². The van der Waals surface area contributed by atoms with Crippen molar-refractivity contribution < 1.29 is 9.13 Å². The lowest BCUT2D eigenvalue weighted by molar-refractivity contribution is 0.302. The average molecular weight is 308 g/mol. The molecule has 0 saturated heterocycles. The maximum absolute atomic E-state index is 13.2. The lowest BCUT2D eigenvalue weighted by Crippen LogP contribution is -2.14. The summed E-state index contributed by atoms with van der Waals surface area (Å²) in [5.41, 5.74) is 6.73. The van der Waals surface area contributed by atoms with Gasteiger partial charge in [-0.15, -0.1) is 0 Å². The zero-order valence-electron chi connectivity index (χ0n) is 11.8. The molecule has 112 valence electrons. The van der Waals surface area contributed by atoms with E-state index in [1.807, 2.05) is 24.3 Å². The second kappa shape index (κ2) is 8.01.